The number of aliphatic hydroxyl groups excluding tert-OH is 1. The van der Waals surface area contributed by atoms with Gasteiger partial charge < -0.3 is 15.3 Å². The molecule has 1 rings (SSSR count). The van der Waals surface area contributed by atoms with Crippen LogP contribution in [-0.2, 0) is 0 Å². The fourth-order valence-electron chi connectivity index (χ4n) is 3.75. The normalized spacial score (nSPS) is 30.9. The van der Waals surface area contributed by atoms with Crippen molar-refractivity contribution in [1.82, 2.24) is 10.2 Å². The number of hydrogen-bond acceptors (Lipinski definition) is 3. The SMILES string of the molecule is CCCNC1CC(C)CC(C)C1CN(CC)CCCO. The van der Waals surface area contributed by atoms with Crippen molar-refractivity contribution in [3.63, 3.8) is 0 Å². The van der Waals surface area contributed by atoms with E-state index >= 15 is 0 Å². The first-order chi connectivity index (χ1) is 9.62. The maximum Gasteiger partial charge on any atom is 0.0443 e. The van der Waals surface area contributed by atoms with Crippen LogP contribution in [0.4, 0.5) is 0 Å². The predicted octanol–water partition coefficient (Wildman–Crippen LogP) is 2.74. The summed E-state index contributed by atoms with van der Waals surface area (Å²) < 4.78 is 0. The van der Waals surface area contributed by atoms with Gasteiger partial charge in [-0.15, -0.1) is 0 Å². The predicted molar refractivity (Wildman–Crippen MR) is 87.0 cm³/mol. The molecule has 0 heterocycles. The molecule has 0 aromatic heterocycles. The van der Waals surface area contributed by atoms with Gasteiger partial charge in [0.15, 0.2) is 0 Å². The van der Waals surface area contributed by atoms with Gasteiger partial charge in [-0.05, 0) is 56.5 Å². The summed E-state index contributed by atoms with van der Waals surface area (Å²) >= 11 is 0. The fourth-order valence-corrected chi connectivity index (χ4v) is 3.75. The molecule has 0 saturated heterocycles. The molecule has 1 aliphatic rings. The van der Waals surface area contributed by atoms with E-state index in [1.54, 1.807) is 0 Å². The molecule has 0 bridgehead atoms. The zero-order chi connectivity index (χ0) is 15.0. The summed E-state index contributed by atoms with van der Waals surface area (Å²) in [6.07, 6.45) is 4.81. The van der Waals surface area contributed by atoms with Crippen LogP contribution in [0.1, 0.15) is 53.4 Å². The molecule has 3 heteroatoms. The summed E-state index contributed by atoms with van der Waals surface area (Å²) in [5.74, 6) is 2.41. The Balaban J connectivity index is 2.59. The van der Waals surface area contributed by atoms with E-state index in [2.05, 4.69) is 37.9 Å². The van der Waals surface area contributed by atoms with Gasteiger partial charge in [-0.3, -0.25) is 0 Å². The van der Waals surface area contributed by atoms with E-state index in [0.717, 1.165) is 43.8 Å². The van der Waals surface area contributed by atoms with E-state index < -0.39 is 0 Å². The maximum absolute atomic E-state index is 9.03. The van der Waals surface area contributed by atoms with Crippen LogP contribution in [-0.4, -0.2) is 48.8 Å². The summed E-state index contributed by atoms with van der Waals surface area (Å²) in [4.78, 5) is 2.52. The second kappa shape index (κ2) is 9.75. The lowest BCUT2D eigenvalue weighted by molar-refractivity contribution is 0.0996. The molecule has 1 aliphatic carbocycles. The minimum Gasteiger partial charge on any atom is -0.396 e. The highest BCUT2D eigenvalue weighted by atomic mass is 16.3. The first-order valence-corrected chi connectivity index (χ1v) is 8.68. The largest absolute Gasteiger partial charge is 0.396 e. The monoisotopic (exact) mass is 284 g/mol. The fraction of sp³-hybridized carbons (Fsp3) is 1.00. The van der Waals surface area contributed by atoms with Gasteiger partial charge in [-0.25, -0.2) is 0 Å². The average molecular weight is 284 g/mol. The molecule has 3 nitrogen and oxygen atoms in total. The average Bonchev–Trinajstić information content (AvgIpc) is 2.43. The number of rotatable bonds is 9. The Hall–Kier alpha value is -0.120. The van der Waals surface area contributed by atoms with Crippen LogP contribution in [0, 0.1) is 17.8 Å². The molecule has 0 spiro atoms. The van der Waals surface area contributed by atoms with Crippen LogP contribution in [0.25, 0.3) is 0 Å². The summed E-state index contributed by atoms with van der Waals surface area (Å²) in [5.41, 5.74) is 0. The van der Waals surface area contributed by atoms with Crippen molar-refractivity contribution >= 4 is 0 Å². The highest BCUT2D eigenvalue weighted by Gasteiger charge is 2.34. The summed E-state index contributed by atoms with van der Waals surface area (Å²) in [7, 11) is 0. The van der Waals surface area contributed by atoms with Gasteiger partial charge in [0.2, 0.25) is 0 Å². The van der Waals surface area contributed by atoms with E-state index in [0.29, 0.717) is 12.6 Å². The molecular weight excluding hydrogens is 248 g/mol. The summed E-state index contributed by atoms with van der Waals surface area (Å²) in [6.45, 7) is 14.1. The smallest absolute Gasteiger partial charge is 0.0443 e. The van der Waals surface area contributed by atoms with Crippen molar-refractivity contribution < 1.29 is 5.11 Å². The molecule has 120 valence electrons. The number of aliphatic hydroxyl groups is 1. The molecule has 0 aromatic carbocycles. The van der Waals surface area contributed by atoms with Crippen molar-refractivity contribution in [2.45, 2.75) is 59.4 Å². The number of nitrogens with zero attached hydrogens (tertiary/aromatic N) is 1. The minimum absolute atomic E-state index is 0.311. The quantitative estimate of drug-likeness (QED) is 0.683. The molecule has 0 radical (unpaired) electrons. The first-order valence-electron chi connectivity index (χ1n) is 8.68. The molecule has 0 aromatic rings. The maximum atomic E-state index is 9.03. The number of nitrogens with one attached hydrogen (secondary N) is 1. The summed E-state index contributed by atoms with van der Waals surface area (Å²) in [6, 6.07) is 0.678. The van der Waals surface area contributed by atoms with Crippen LogP contribution >= 0.6 is 0 Å². The summed E-state index contributed by atoms with van der Waals surface area (Å²) in [5, 5.41) is 12.8. The van der Waals surface area contributed by atoms with Gasteiger partial charge in [0.25, 0.3) is 0 Å². The lowest BCUT2D eigenvalue weighted by Crippen LogP contribution is -2.49. The highest BCUT2D eigenvalue weighted by molar-refractivity contribution is 4.89. The van der Waals surface area contributed by atoms with Crippen molar-refractivity contribution in [3.05, 3.63) is 0 Å². The third-order valence-corrected chi connectivity index (χ3v) is 4.88. The van der Waals surface area contributed by atoms with Gasteiger partial charge in [0, 0.05) is 25.7 Å². The lowest BCUT2D eigenvalue weighted by atomic mass is 9.72. The zero-order valence-corrected chi connectivity index (χ0v) is 14.1. The molecule has 0 amide bonds. The zero-order valence-electron chi connectivity index (χ0n) is 14.1. The van der Waals surface area contributed by atoms with E-state index in [9.17, 15) is 0 Å². The molecule has 1 saturated carbocycles. The molecule has 4 unspecified atom stereocenters. The van der Waals surface area contributed by atoms with Gasteiger partial charge in [0.05, 0.1) is 0 Å². The third kappa shape index (κ3) is 5.71. The van der Waals surface area contributed by atoms with Crippen LogP contribution < -0.4 is 5.32 Å². The second-order valence-electron chi connectivity index (χ2n) is 6.75. The Morgan fingerprint density at radius 3 is 2.55 bits per heavy atom. The van der Waals surface area contributed by atoms with Crippen molar-refractivity contribution in [2.24, 2.45) is 17.8 Å². The van der Waals surface area contributed by atoms with Gasteiger partial charge in [-0.2, -0.15) is 0 Å². The van der Waals surface area contributed by atoms with E-state index in [1.165, 1.54) is 25.8 Å². The molecule has 2 N–H and O–H groups in total. The minimum atomic E-state index is 0.311. The van der Waals surface area contributed by atoms with Gasteiger partial charge >= 0.3 is 0 Å². The van der Waals surface area contributed by atoms with Crippen molar-refractivity contribution in [1.29, 1.82) is 0 Å². The van der Waals surface area contributed by atoms with E-state index in [1.807, 2.05) is 0 Å². The Morgan fingerprint density at radius 1 is 1.20 bits per heavy atom. The van der Waals surface area contributed by atoms with Crippen LogP contribution in [0.5, 0.6) is 0 Å². The van der Waals surface area contributed by atoms with Gasteiger partial charge in [-0.1, -0.05) is 27.7 Å². The van der Waals surface area contributed by atoms with E-state index in [4.69, 9.17) is 5.11 Å². The Kier molecular flexibility index (Phi) is 8.74. The molecular formula is C17H36N2O. The van der Waals surface area contributed by atoms with E-state index in [-0.39, 0.29) is 0 Å². The van der Waals surface area contributed by atoms with Crippen LogP contribution in [0.3, 0.4) is 0 Å². The van der Waals surface area contributed by atoms with Crippen LogP contribution in [0.2, 0.25) is 0 Å². The van der Waals surface area contributed by atoms with Crippen molar-refractivity contribution in [3.8, 4) is 0 Å². The topological polar surface area (TPSA) is 35.5 Å². The van der Waals surface area contributed by atoms with Gasteiger partial charge in [0.1, 0.15) is 0 Å². The third-order valence-electron chi connectivity index (χ3n) is 4.88. The Morgan fingerprint density at radius 2 is 1.95 bits per heavy atom. The molecule has 4 atom stereocenters. The van der Waals surface area contributed by atoms with Crippen molar-refractivity contribution in [2.75, 3.05) is 32.8 Å². The Bertz CT molecular complexity index is 247. The Labute approximate surface area is 126 Å². The lowest BCUT2D eigenvalue weighted by Gasteiger charge is -2.42. The second-order valence-corrected chi connectivity index (χ2v) is 6.75. The molecule has 1 fully saturated rings. The molecule has 0 aliphatic heterocycles. The van der Waals surface area contributed by atoms with Crippen LogP contribution in [0.15, 0.2) is 0 Å². The first kappa shape index (κ1) is 17.9. The number of hydrogen-bond donors (Lipinski definition) is 2. The standard InChI is InChI=1S/C17H36N2O/c1-5-8-18-17-12-14(3)11-15(4)16(17)13-19(6-2)9-7-10-20/h14-18,20H,5-13H2,1-4H3. The molecule has 20 heavy (non-hydrogen) atoms. The highest BCUT2D eigenvalue weighted by Crippen LogP contribution is 2.34.